The van der Waals surface area contributed by atoms with Crippen molar-refractivity contribution in [3.63, 3.8) is 0 Å². The second-order valence-corrected chi connectivity index (χ2v) is 7.41. The lowest BCUT2D eigenvalue weighted by molar-refractivity contribution is -0.136. The van der Waals surface area contributed by atoms with Gasteiger partial charge in [0.25, 0.3) is 0 Å². The van der Waals surface area contributed by atoms with Gasteiger partial charge in [-0.25, -0.2) is 0 Å². The highest BCUT2D eigenvalue weighted by atomic mass is 35.5. The third kappa shape index (κ3) is 6.18. The van der Waals surface area contributed by atoms with Gasteiger partial charge in [-0.15, -0.1) is 0 Å². The minimum absolute atomic E-state index is 0.0238. The van der Waals surface area contributed by atoms with Crippen LogP contribution in [-0.4, -0.2) is 48.9 Å². The number of carbonyl (C=O) groups excluding carboxylic acids is 3. The van der Waals surface area contributed by atoms with Gasteiger partial charge in [0.15, 0.2) is 0 Å². The lowest BCUT2D eigenvalue weighted by Crippen LogP contribution is -2.43. The molecule has 158 valence electrons. The predicted molar refractivity (Wildman–Crippen MR) is 115 cm³/mol. The molecule has 30 heavy (non-hydrogen) atoms. The number of nitrogens with one attached hydrogen (secondary N) is 3. The zero-order chi connectivity index (χ0) is 21.3. The van der Waals surface area contributed by atoms with Crippen LogP contribution in [0.25, 0.3) is 0 Å². The molecule has 3 amide bonds. The molecule has 3 rings (SSSR count). The first-order valence-corrected chi connectivity index (χ1v) is 10.2. The summed E-state index contributed by atoms with van der Waals surface area (Å²) < 4.78 is 0. The molecule has 1 aliphatic rings. The monoisotopic (exact) mass is 429 g/mol. The second-order valence-electron chi connectivity index (χ2n) is 6.97. The fourth-order valence-electron chi connectivity index (χ4n) is 3.26. The number of rotatable bonds is 6. The van der Waals surface area contributed by atoms with Gasteiger partial charge in [-0.1, -0.05) is 11.6 Å². The Labute approximate surface area is 180 Å². The number of halogens is 1. The summed E-state index contributed by atoms with van der Waals surface area (Å²) >= 11 is 5.78. The number of nitrogens with zero attached hydrogens (tertiary/aromatic N) is 2. The number of amides is 3. The van der Waals surface area contributed by atoms with Gasteiger partial charge in [-0.2, -0.15) is 0 Å². The summed E-state index contributed by atoms with van der Waals surface area (Å²) in [5, 5.41) is 8.34. The number of hydrogen-bond donors (Lipinski definition) is 3. The summed E-state index contributed by atoms with van der Waals surface area (Å²) in [6.07, 6.45) is 5.06. The van der Waals surface area contributed by atoms with Crippen LogP contribution >= 0.6 is 11.6 Å². The van der Waals surface area contributed by atoms with E-state index in [0.717, 1.165) is 31.6 Å². The first kappa shape index (κ1) is 21.6. The average Bonchev–Trinajstić information content (AvgIpc) is 2.78. The van der Waals surface area contributed by atoms with E-state index >= 15 is 0 Å². The van der Waals surface area contributed by atoms with E-state index in [2.05, 4.69) is 25.8 Å². The largest absolute Gasteiger partial charge is 0.371 e. The van der Waals surface area contributed by atoms with Gasteiger partial charge >= 0.3 is 11.8 Å². The zero-order valence-electron chi connectivity index (χ0n) is 16.4. The summed E-state index contributed by atoms with van der Waals surface area (Å²) in [7, 11) is 0. The standard InChI is InChI=1S/C21H24ClN5O3/c22-16-1-3-17(4-2-16)26-21(30)20(29)25-12-11-24-19(28)15-7-13-27(14-8-15)18-5-9-23-10-6-18/h1-6,9-10,15H,7-8,11-14H2,(H,24,28)(H,25,29)(H,26,30). The van der Waals surface area contributed by atoms with Crippen molar-refractivity contribution in [2.24, 2.45) is 5.92 Å². The summed E-state index contributed by atoms with van der Waals surface area (Å²) in [6.45, 7) is 2.06. The molecule has 1 fully saturated rings. The van der Waals surface area contributed by atoms with Gasteiger partial charge in [-0.05, 0) is 49.2 Å². The van der Waals surface area contributed by atoms with Crippen molar-refractivity contribution in [2.45, 2.75) is 12.8 Å². The fourth-order valence-corrected chi connectivity index (χ4v) is 3.39. The third-order valence-electron chi connectivity index (χ3n) is 4.91. The summed E-state index contributed by atoms with van der Waals surface area (Å²) in [5.41, 5.74) is 1.59. The number of aromatic nitrogens is 1. The lowest BCUT2D eigenvalue weighted by atomic mass is 9.95. The van der Waals surface area contributed by atoms with E-state index in [9.17, 15) is 14.4 Å². The van der Waals surface area contributed by atoms with Gasteiger partial charge in [0.05, 0.1) is 0 Å². The minimum atomic E-state index is -0.771. The molecule has 3 N–H and O–H groups in total. The Morgan fingerprint density at radius 2 is 1.57 bits per heavy atom. The van der Waals surface area contributed by atoms with Crippen LogP contribution in [0.1, 0.15) is 12.8 Å². The number of pyridine rings is 1. The van der Waals surface area contributed by atoms with E-state index in [1.54, 1.807) is 36.7 Å². The molecule has 0 spiro atoms. The van der Waals surface area contributed by atoms with Crippen LogP contribution in [0.5, 0.6) is 0 Å². The van der Waals surface area contributed by atoms with Gasteiger partial charge in [-0.3, -0.25) is 19.4 Å². The van der Waals surface area contributed by atoms with E-state index in [1.807, 2.05) is 12.1 Å². The molecule has 0 saturated carbocycles. The van der Waals surface area contributed by atoms with Crippen molar-refractivity contribution < 1.29 is 14.4 Å². The molecule has 9 heteroatoms. The van der Waals surface area contributed by atoms with Crippen molar-refractivity contribution in [3.05, 3.63) is 53.8 Å². The Hall–Kier alpha value is -3.13. The van der Waals surface area contributed by atoms with Crippen LogP contribution < -0.4 is 20.9 Å². The molecule has 8 nitrogen and oxygen atoms in total. The van der Waals surface area contributed by atoms with Crippen molar-refractivity contribution in [3.8, 4) is 0 Å². The summed E-state index contributed by atoms with van der Waals surface area (Å²) in [5.74, 6) is -1.60. The molecule has 2 heterocycles. The number of benzene rings is 1. The van der Waals surface area contributed by atoms with Crippen LogP contribution in [0.4, 0.5) is 11.4 Å². The molecule has 0 radical (unpaired) electrons. The van der Waals surface area contributed by atoms with E-state index in [0.29, 0.717) is 10.7 Å². The van der Waals surface area contributed by atoms with Crippen molar-refractivity contribution in [1.82, 2.24) is 15.6 Å². The zero-order valence-corrected chi connectivity index (χ0v) is 17.2. The third-order valence-corrected chi connectivity index (χ3v) is 5.16. The van der Waals surface area contributed by atoms with Crippen LogP contribution in [0.2, 0.25) is 5.02 Å². The normalized spacial score (nSPS) is 14.1. The first-order chi connectivity index (χ1) is 14.5. The number of anilines is 2. The Bertz CT molecular complexity index is 868. The molecule has 1 aromatic heterocycles. The van der Waals surface area contributed by atoms with Crippen LogP contribution in [-0.2, 0) is 14.4 Å². The molecular weight excluding hydrogens is 406 g/mol. The molecule has 1 aromatic carbocycles. The second kappa shape index (κ2) is 10.6. The van der Waals surface area contributed by atoms with Crippen LogP contribution in [0, 0.1) is 5.92 Å². The topological polar surface area (TPSA) is 103 Å². The van der Waals surface area contributed by atoms with Crippen molar-refractivity contribution in [1.29, 1.82) is 0 Å². The Morgan fingerprint density at radius 3 is 2.23 bits per heavy atom. The fraction of sp³-hybridized carbons (Fsp3) is 0.333. The molecule has 0 unspecified atom stereocenters. The van der Waals surface area contributed by atoms with Gasteiger partial charge in [0.1, 0.15) is 0 Å². The van der Waals surface area contributed by atoms with E-state index < -0.39 is 11.8 Å². The Kier molecular flexibility index (Phi) is 7.62. The highest BCUT2D eigenvalue weighted by Crippen LogP contribution is 2.22. The maximum Gasteiger partial charge on any atom is 0.313 e. The molecule has 0 bridgehead atoms. The molecule has 2 aromatic rings. The SMILES string of the molecule is O=C(NCCNC(=O)C1CCN(c2ccncc2)CC1)C(=O)Nc1ccc(Cl)cc1. The van der Waals surface area contributed by atoms with Gasteiger partial charge in [0.2, 0.25) is 5.91 Å². The van der Waals surface area contributed by atoms with E-state index in [1.165, 1.54) is 0 Å². The highest BCUT2D eigenvalue weighted by Gasteiger charge is 2.25. The van der Waals surface area contributed by atoms with Crippen LogP contribution in [0.15, 0.2) is 48.8 Å². The predicted octanol–water partition coefficient (Wildman–Crippen LogP) is 1.82. The van der Waals surface area contributed by atoms with Crippen LogP contribution in [0.3, 0.4) is 0 Å². The summed E-state index contributed by atoms with van der Waals surface area (Å²) in [4.78, 5) is 42.3. The smallest absolute Gasteiger partial charge is 0.313 e. The first-order valence-electron chi connectivity index (χ1n) is 9.80. The summed E-state index contributed by atoms with van der Waals surface area (Å²) in [6, 6.07) is 10.4. The number of hydrogen-bond acceptors (Lipinski definition) is 5. The van der Waals surface area contributed by atoms with Gasteiger partial charge < -0.3 is 20.9 Å². The van der Waals surface area contributed by atoms with Crippen molar-refractivity contribution >= 4 is 40.7 Å². The molecule has 1 aliphatic heterocycles. The Balaban J connectivity index is 1.32. The van der Waals surface area contributed by atoms with E-state index in [4.69, 9.17) is 11.6 Å². The minimum Gasteiger partial charge on any atom is -0.371 e. The Morgan fingerprint density at radius 1 is 0.933 bits per heavy atom. The quantitative estimate of drug-likeness (QED) is 0.480. The van der Waals surface area contributed by atoms with E-state index in [-0.39, 0.29) is 24.9 Å². The maximum atomic E-state index is 12.3. The average molecular weight is 430 g/mol. The molecule has 0 aliphatic carbocycles. The lowest BCUT2D eigenvalue weighted by Gasteiger charge is -2.32. The van der Waals surface area contributed by atoms with Crippen molar-refractivity contribution in [2.75, 3.05) is 36.4 Å². The van der Waals surface area contributed by atoms with Gasteiger partial charge in [0, 0.05) is 60.9 Å². The maximum absolute atomic E-state index is 12.3. The number of carbonyl (C=O) groups is 3. The molecule has 1 saturated heterocycles. The molecular formula is C21H24ClN5O3. The number of piperidine rings is 1. The molecule has 0 atom stereocenters. The highest BCUT2D eigenvalue weighted by molar-refractivity contribution is 6.39.